The number of hydrogen-bond donors (Lipinski definition) is 1. The van der Waals surface area contributed by atoms with Gasteiger partial charge in [0.05, 0.1) is 13.0 Å². The van der Waals surface area contributed by atoms with Gasteiger partial charge in [-0.2, -0.15) is 5.26 Å². The Morgan fingerprint density at radius 2 is 1.90 bits per heavy atom. The largest absolute Gasteiger partial charge is 0.497 e. The van der Waals surface area contributed by atoms with Crippen molar-refractivity contribution in [3.05, 3.63) is 83.1 Å². The van der Waals surface area contributed by atoms with Crippen molar-refractivity contribution >= 4 is 11.7 Å². The molecule has 3 aromatic rings. The van der Waals surface area contributed by atoms with Crippen molar-refractivity contribution in [1.82, 2.24) is 20.4 Å². The highest BCUT2D eigenvalue weighted by atomic mass is 19.1. The first-order valence-corrected chi connectivity index (χ1v) is 13.1. The second-order valence-electron chi connectivity index (χ2n) is 9.92. The Morgan fingerprint density at radius 1 is 1.08 bits per heavy atom. The molecule has 1 unspecified atom stereocenters. The van der Waals surface area contributed by atoms with Gasteiger partial charge in [-0.3, -0.25) is 4.79 Å². The molecule has 2 saturated heterocycles. The van der Waals surface area contributed by atoms with Gasteiger partial charge in [0.25, 0.3) is 0 Å². The van der Waals surface area contributed by atoms with Gasteiger partial charge in [-0.15, -0.1) is 10.2 Å². The van der Waals surface area contributed by atoms with E-state index in [0.717, 1.165) is 24.7 Å². The minimum atomic E-state index is -0.665. The van der Waals surface area contributed by atoms with Crippen LogP contribution in [0.3, 0.4) is 0 Å². The molecule has 1 N–H and O–H groups in total. The first-order valence-electron chi connectivity index (χ1n) is 13.1. The molecule has 202 valence electrons. The van der Waals surface area contributed by atoms with Crippen molar-refractivity contribution < 1.29 is 18.3 Å². The van der Waals surface area contributed by atoms with Crippen LogP contribution < -0.4 is 15.0 Å². The Bertz CT molecular complexity index is 1340. The number of ether oxygens (including phenoxy) is 1. The molecule has 10 heteroatoms. The van der Waals surface area contributed by atoms with Crippen LogP contribution in [0.2, 0.25) is 0 Å². The zero-order valence-corrected chi connectivity index (χ0v) is 21.7. The van der Waals surface area contributed by atoms with E-state index in [0.29, 0.717) is 44.1 Å². The van der Waals surface area contributed by atoms with Crippen molar-refractivity contribution in [2.75, 3.05) is 44.7 Å². The SMILES string of the molecule is COc1ccc(C2CCCN(C(=O)[C@@H]3CN(c4ccc(C#N)nn4)C[C@H]3c3ccc(F)cc3F)CCN2)cc1. The number of carbonyl (C=O) groups excluding carboxylic acids is 1. The van der Waals surface area contributed by atoms with Crippen molar-refractivity contribution in [3.63, 3.8) is 0 Å². The van der Waals surface area contributed by atoms with Crippen LogP contribution in [0.5, 0.6) is 5.75 Å². The Hall–Kier alpha value is -4.10. The smallest absolute Gasteiger partial charge is 0.228 e. The van der Waals surface area contributed by atoms with Crippen LogP contribution in [0.25, 0.3) is 0 Å². The number of amides is 1. The summed E-state index contributed by atoms with van der Waals surface area (Å²) in [5.74, 6) is -1.09. The van der Waals surface area contributed by atoms with Crippen molar-refractivity contribution in [1.29, 1.82) is 5.26 Å². The lowest BCUT2D eigenvalue weighted by atomic mass is 9.87. The molecule has 5 rings (SSSR count). The number of rotatable bonds is 5. The summed E-state index contributed by atoms with van der Waals surface area (Å²) in [6.07, 6.45) is 1.67. The number of methoxy groups -OCH3 is 1. The lowest BCUT2D eigenvalue weighted by Gasteiger charge is -2.32. The Kier molecular flexibility index (Phi) is 7.98. The predicted octanol–water partition coefficient (Wildman–Crippen LogP) is 3.81. The summed E-state index contributed by atoms with van der Waals surface area (Å²) in [4.78, 5) is 17.6. The van der Waals surface area contributed by atoms with E-state index in [1.807, 2.05) is 28.0 Å². The number of nitrogens with zero attached hydrogens (tertiary/aromatic N) is 5. The first kappa shape index (κ1) is 26.5. The number of hydrogen-bond acceptors (Lipinski definition) is 7. The van der Waals surface area contributed by atoms with Crippen LogP contribution in [0, 0.1) is 28.9 Å². The number of nitriles is 1. The molecule has 0 bridgehead atoms. The zero-order valence-electron chi connectivity index (χ0n) is 21.7. The summed E-state index contributed by atoms with van der Waals surface area (Å²) in [7, 11) is 1.64. The number of anilines is 1. The molecule has 0 aliphatic carbocycles. The number of benzene rings is 2. The highest BCUT2D eigenvalue weighted by Crippen LogP contribution is 2.37. The van der Waals surface area contributed by atoms with Crippen molar-refractivity contribution in [2.45, 2.75) is 24.8 Å². The van der Waals surface area contributed by atoms with Crippen molar-refractivity contribution in [3.8, 4) is 11.8 Å². The van der Waals surface area contributed by atoms with Gasteiger partial charge in [0.2, 0.25) is 5.91 Å². The quantitative estimate of drug-likeness (QED) is 0.534. The maximum absolute atomic E-state index is 14.9. The van der Waals surface area contributed by atoms with Crippen LogP contribution >= 0.6 is 0 Å². The van der Waals surface area contributed by atoms with Gasteiger partial charge in [-0.05, 0) is 54.3 Å². The lowest BCUT2D eigenvalue weighted by molar-refractivity contribution is -0.135. The van der Waals surface area contributed by atoms with Crippen LogP contribution in [0.4, 0.5) is 14.6 Å². The molecule has 3 atom stereocenters. The maximum Gasteiger partial charge on any atom is 0.228 e. The van der Waals surface area contributed by atoms with E-state index >= 15 is 0 Å². The number of aromatic nitrogens is 2. The van der Waals surface area contributed by atoms with Gasteiger partial charge in [0.1, 0.15) is 23.5 Å². The first-order chi connectivity index (χ1) is 19.0. The third-order valence-electron chi connectivity index (χ3n) is 7.61. The van der Waals surface area contributed by atoms with E-state index in [1.54, 1.807) is 19.2 Å². The Labute approximate surface area is 226 Å². The van der Waals surface area contributed by atoms with Gasteiger partial charge in [-0.1, -0.05) is 18.2 Å². The third-order valence-corrected chi connectivity index (χ3v) is 7.61. The minimum Gasteiger partial charge on any atom is -0.497 e. The summed E-state index contributed by atoms with van der Waals surface area (Å²) in [6, 6.07) is 16.9. The minimum absolute atomic E-state index is 0.0578. The highest BCUT2D eigenvalue weighted by Gasteiger charge is 2.42. The van der Waals surface area contributed by atoms with Crippen LogP contribution in [-0.2, 0) is 4.79 Å². The fraction of sp³-hybridized carbons (Fsp3) is 0.379. The third kappa shape index (κ3) is 5.83. The topological polar surface area (TPSA) is 94.4 Å². The summed E-state index contributed by atoms with van der Waals surface area (Å²) < 4.78 is 33.9. The van der Waals surface area contributed by atoms with Crippen LogP contribution in [0.15, 0.2) is 54.6 Å². The summed E-state index contributed by atoms with van der Waals surface area (Å²) in [6.45, 7) is 2.39. The molecule has 39 heavy (non-hydrogen) atoms. The van der Waals surface area contributed by atoms with Crippen LogP contribution in [0.1, 0.15) is 41.6 Å². The molecule has 2 fully saturated rings. The fourth-order valence-electron chi connectivity index (χ4n) is 5.56. The van der Waals surface area contributed by atoms with Gasteiger partial charge >= 0.3 is 0 Å². The van der Waals surface area contributed by atoms with E-state index in [-0.39, 0.29) is 17.6 Å². The standard InChI is InChI=1S/C29H30F2N6O2/c1-39-22-8-4-19(5-9-22)27-3-2-13-36(14-12-33-27)29(38)25-18-37(28-11-7-21(16-32)34-35-28)17-24(25)23-10-6-20(30)15-26(23)31/h4-11,15,24-25,27,33H,2-3,12-14,17-18H2,1H3/t24-,25+,27?/m0/s1. The highest BCUT2D eigenvalue weighted by molar-refractivity contribution is 5.81. The van der Waals surface area contributed by atoms with Gasteiger partial charge in [0, 0.05) is 50.7 Å². The average Bonchev–Trinajstić information content (AvgIpc) is 3.38. The lowest BCUT2D eigenvalue weighted by Crippen LogP contribution is -2.45. The Balaban J connectivity index is 1.32. The number of nitrogens with one attached hydrogen (secondary N) is 1. The molecule has 0 spiro atoms. The second kappa shape index (κ2) is 11.7. The molecule has 2 aliphatic heterocycles. The normalized spacial score (nSPS) is 21.6. The van der Waals surface area contributed by atoms with Gasteiger partial charge < -0.3 is 19.9 Å². The molecular formula is C29H30F2N6O2. The van der Waals surface area contributed by atoms with E-state index < -0.39 is 23.5 Å². The summed E-state index contributed by atoms with van der Waals surface area (Å²) in [5.41, 5.74) is 1.67. The monoisotopic (exact) mass is 532 g/mol. The predicted molar refractivity (Wildman–Crippen MR) is 141 cm³/mol. The number of halogens is 2. The molecule has 1 amide bonds. The Morgan fingerprint density at radius 3 is 2.59 bits per heavy atom. The van der Waals surface area contributed by atoms with Crippen LogP contribution in [-0.4, -0.2) is 60.8 Å². The molecule has 1 aromatic heterocycles. The molecule has 3 heterocycles. The van der Waals surface area contributed by atoms with E-state index in [1.165, 1.54) is 17.7 Å². The summed E-state index contributed by atoms with van der Waals surface area (Å²) in [5, 5.41) is 20.6. The van der Waals surface area contributed by atoms with Gasteiger partial charge in [-0.25, -0.2) is 8.78 Å². The molecule has 0 radical (unpaired) electrons. The average molecular weight is 533 g/mol. The van der Waals surface area contributed by atoms with E-state index in [2.05, 4.69) is 27.6 Å². The molecule has 8 nitrogen and oxygen atoms in total. The van der Waals surface area contributed by atoms with Crippen molar-refractivity contribution in [2.24, 2.45) is 5.92 Å². The van der Waals surface area contributed by atoms with Gasteiger partial charge in [0.15, 0.2) is 11.5 Å². The zero-order chi connectivity index (χ0) is 27.4. The molecular weight excluding hydrogens is 502 g/mol. The molecule has 0 saturated carbocycles. The fourth-order valence-corrected chi connectivity index (χ4v) is 5.56. The van der Waals surface area contributed by atoms with E-state index in [4.69, 9.17) is 10.00 Å². The van der Waals surface area contributed by atoms with E-state index in [9.17, 15) is 13.6 Å². The maximum atomic E-state index is 14.9. The molecule has 2 aromatic carbocycles. The number of carbonyl (C=O) groups is 1. The second-order valence-corrected chi connectivity index (χ2v) is 9.92. The summed E-state index contributed by atoms with van der Waals surface area (Å²) >= 11 is 0. The molecule has 2 aliphatic rings.